The van der Waals surface area contributed by atoms with E-state index in [-0.39, 0.29) is 12.3 Å². The summed E-state index contributed by atoms with van der Waals surface area (Å²) in [5, 5.41) is 13.4. The summed E-state index contributed by atoms with van der Waals surface area (Å²) in [5.74, 6) is -1.03. The molecule has 19 heavy (non-hydrogen) atoms. The number of nitrogens with zero attached hydrogens (tertiary/aromatic N) is 3. The highest BCUT2D eigenvalue weighted by molar-refractivity contribution is 5.85. The van der Waals surface area contributed by atoms with Gasteiger partial charge in [-0.2, -0.15) is 5.10 Å². The van der Waals surface area contributed by atoms with Crippen LogP contribution in [0.3, 0.4) is 0 Å². The lowest BCUT2D eigenvalue weighted by atomic mass is 10.1. The van der Waals surface area contributed by atoms with E-state index < -0.39 is 12.0 Å². The molecule has 1 aromatic heterocycles. The summed E-state index contributed by atoms with van der Waals surface area (Å²) < 4.78 is 1.75. The average molecular weight is 265 g/mol. The summed E-state index contributed by atoms with van der Waals surface area (Å²) in [4.78, 5) is 24.8. The zero-order chi connectivity index (χ0) is 14.2. The maximum atomic E-state index is 12.3. The van der Waals surface area contributed by atoms with Gasteiger partial charge in [-0.25, -0.2) is 4.79 Å². The van der Waals surface area contributed by atoms with Crippen LogP contribution in [-0.2, 0) is 23.1 Å². The number of rotatable bonds is 3. The van der Waals surface area contributed by atoms with Crippen molar-refractivity contribution in [1.82, 2.24) is 14.7 Å². The van der Waals surface area contributed by atoms with Crippen LogP contribution < -0.4 is 0 Å². The molecule has 1 saturated heterocycles. The van der Waals surface area contributed by atoms with E-state index in [0.29, 0.717) is 13.0 Å². The number of aromatic nitrogens is 2. The van der Waals surface area contributed by atoms with Crippen LogP contribution in [0, 0.1) is 13.8 Å². The fraction of sp³-hybridized carbons (Fsp3) is 0.615. The van der Waals surface area contributed by atoms with Gasteiger partial charge in [-0.05, 0) is 26.7 Å². The number of aryl methyl sites for hydroxylation is 2. The number of amides is 1. The molecule has 104 valence electrons. The molecule has 0 aliphatic carbocycles. The summed E-state index contributed by atoms with van der Waals surface area (Å²) in [7, 11) is 1.84. The Kier molecular flexibility index (Phi) is 3.59. The third-order valence-electron chi connectivity index (χ3n) is 3.85. The predicted molar refractivity (Wildman–Crippen MR) is 68.8 cm³/mol. The van der Waals surface area contributed by atoms with Crippen molar-refractivity contribution in [3.05, 3.63) is 17.0 Å². The molecular weight excluding hydrogens is 246 g/mol. The fourth-order valence-corrected chi connectivity index (χ4v) is 2.65. The highest BCUT2D eigenvalue weighted by Gasteiger charge is 2.34. The van der Waals surface area contributed by atoms with E-state index in [1.807, 2.05) is 20.9 Å². The van der Waals surface area contributed by atoms with Crippen molar-refractivity contribution < 1.29 is 14.7 Å². The standard InChI is InChI=1S/C13H19N3O3/c1-8-10(9(2)15(3)14-8)7-12(17)16-6-4-5-11(16)13(18)19/h11H,4-7H2,1-3H3,(H,18,19). The molecule has 0 aromatic carbocycles. The van der Waals surface area contributed by atoms with Crippen molar-refractivity contribution in [2.45, 2.75) is 39.2 Å². The van der Waals surface area contributed by atoms with E-state index in [0.717, 1.165) is 23.4 Å². The molecule has 2 rings (SSSR count). The molecule has 0 radical (unpaired) electrons. The van der Waals surface area contributed by atoms with Crippen molar-refractivity contribution in [1.29, 1.82) is 0 Å². The number of likely N-dealkylation sites (tertiary alicyclic amines) is 1. The highest BCUT2D eigenvalue weighted by Crippen LogP contribution is 2.20. The van der Waals surface area contributed by atoms with Gasteiger partial charge in [0.05, 0.1) is 12.1 Å². The third-order valence-corrected chi connectivity index (χ3v) is 3.85. The number of hydrogen-bond acceptors (Lipinski definition) is 3. The van der Waals surface area contributed by atoms with Crippen LogP contribution >= 0.6 is 0 Å². The summed E-state index contributed by atoms with van der Waals surface area (Å²) in [5.41, 5.74) is 2.69. The minimum atomic E-state index is -0.912. The number of carboxylic acids is 1. The van der Waals surface area contributed by atoms with Gasteiger partial charge in [0.1, 0.15) is 6.04 Å². The van der Waals surface area contributed by atoms with Crippen LogP contribution in [0.1, 0.15) is 29.8 Å². The second-order valence-corrected chi connectivity index (χ2v) is 5.03. The molecule has 1 aromatic rings. The predicted octanol–water partition coefficient (Wildman–Crippen LogP) is 0.655. The van der Waals surface area contributed by atoms with Crippen LogP contribution in [0.15, 0.2) is 0 Å². The summed E-state index contributed by atoms with van der Waals surface area (Å²) >= 11 is 0. The minimum absolute atomic E-state index is 0.121. The van der Waals surface area contributed by atoms with Crippen LogP contribution in [0.5, 0.6) is 0 Å². The zero-order valence-corrected chi connectivity index (χ0v) is 11.5. The number of hydrogen-bond donors (Lipinski definition) is 1. The molecule has 6 nitrogen and oxygen atoms in total. The summed E-state index contributed by atoms with van der Waals surface area (Å²) in [6.45, 7) is 4.32. The maximum Gasteiger partial charge on any atom is 0.326 e. The topological polar surface area (TPSA) is 75.4 Å². The maximum absolute atomic E-state index is 12.3. The minimum Gasteiger partial charge on any atom is -0.480 e. The lowest BCUT2D eigenvalue weighted by molar-refractivity contribution is -0.148. The largest absolute Gasteiger partial charge is 0.480 e. The molecule has 1 aliphatic heterocycles. The van der Waals surface area contributed by atoms with Gasteiger partial charge in [-0.15, -0.1) is 0 Å². The number of aliphatic carboxylic acids is 1. The van der Waals surface area contributed by atoms with Gasteiger partial charge in [0.2, 0.25) is 5.91 Å². The number of carbonyl (C=O) groups is 2. The Morgan fingerprint density at radius 3 is 2.63 bits per heavy atom. The molecule has 2 heterocycles. The molecule has 1 fully saturated rings. The summed E-state index contributed by atoms with van der Waals surface area (Å²) in [6.07, 6.45) is 1.54. The Hall–Kier alpha value is -1.85. The van der Waals surface area contributed by atoms with Crippen LogP contribution in [0.25, 0.3) is 0 Å². The van der Waals surface area contributed by atoms with Gasteiger partial charge >= 0.3 is 5.97 Å². The van der Waals surface area contributed by atoms with Crippen molar-refractivity contribution in [2.24, 2.45) is 7.05 Å². The Bertz CT molecular complexity index is 521. The SMILES string of the molecule is Cc1nn(C)c(C)c1CC(=O)N1CCCC1C(=O)O. The van der Waals surface area contributed by atoms with E-state index >= 15 is 0 Å². The second-order valence-electron chi connectivity index (χ2n) is 5.03. The average Bonchev–Trinajstić information content (AvgIpc) is 2.90. The summed E-state index contributed by atoms with van der Waals surface area (Å²) in [6, 6.07) is -0.662. The molecule has 1 N–H and O–H groups in total. The molecule has 1 amide bonds. The van der Waals surface area contributed by atoms with E-state index in [1.54, 1.807) is 4.68 Å². The second kappa shape index (κ2) is 5.03. The first-order valence-electron chi connectivity index (χ1n) is 6.43. The normalized spacial score (nSPS) is 18.9. The van der Waals surface area contributed by atoms with Gasteiger partial charge in [-0.3, -0.25) is 9.48 Å². The fourth-order valence-electron chi connectivity index (χ4n) is 2.65. The quantitative estimate of drug-likeness (QED) is 0.871. The monoisotopic (exact) mass is 265 g/mol. The van der Waals surface area contributed by atoms with Crippen molar-refractivity contribution in [3.8, 4) is 0 Å². The zero-order valence-electron chi connectivity index (χ0n) is 11.5. The van der Waals surface area contributed by atoms with E-state index in [2.05, 4.69) is 5.10 Å². The van der Waals surface area contributed by atoms with Crippen molar-refractivity contribution >= 4 is 11.9 Å². The van der Waals surface area contributed by atoms with E-state index in [4.69, 9.17) is 5.11 Å². The lowest BCUT2D eigenvalue weighted by Gasteiger charge is -2.21. The first-order valence-corrected chi connectivity index (χ1v) is 6.43. The van der Waals surface area contributed by atoms with E-state index in [9.17, 15) is 9.59 Å². The van der Waals surface area contributed by atoms with Crippen molar-refractivity contribution in [2.75, 3.05) is 6.54 Å². The van der Waals surface area contributed by atoms with Gasteiger partial charge in [0, 0.05) is 24.8 Å². The number of carbonyl (C=O) groups excluding carboxylic acids is 1. The highest BCUT2D eigenvalue weighted by atomic mass is 16.4. The Morgan fingerprint density at radius 2 is 2.11 bits per heavy atom. The van der Waals surface area contributed by atoms with Crippen LogP contribution in [0.4, 0.5) is 0 Å². The van der Waals surface area contributed by atoms with E-state index in [1.165, 1.54) is 4.90 Å². The molecule has 1 aliphatic rings. The molecule has 0 saturated carbocycles. The molecule has 0 spiro atoms. The first-order chi connectivity index (χ1) is 8.91. The lowest BCUT2D eigenvalue weighted by Crippen LogP contribution is -2.41. The molecule has 1 atom stereocenters. The smallest absolute Gasteiger partial charge is 0.326 e. The van der Waals surface area contributed by atoms with Gasteiger partial charge in [0.15, 0.2) is 0 Å². The Labute approximate surface area is 112 Å². The van der Waals surface area contributed by atoms with Gasteiger partial charge in [-0.1, -0.05) is 0 Å². The molecule has 1 unspecified atom stereocenters. The van der Waals surface area contributed by atoms with Crippen LogP contribution in [-0.4, -0.2) is 44.3 Å². The number of carboxylic acid groups (broad SMARTS) is 1. The molecule has 0 bridgehead atoms. The van der Waals surface area contributed by atoms with Gasteiger partial charge < -0.3 is 10.0 Å². The Morgan fingerprint density at radius 1 is 1.42 bits per heavy atom. The van der Waals surface area contributed by atoms with Crippen molar-refractivity contribution in [3.63, 3.8) is 0 Å². The van der Waals surface area contributed by atoms with Crippen LogP contribution in [0.2, 0.25) is 0 Å². The Balaban J connectivity index is 2.15. The first kappa shape index (κ1) is 13.6. The molecule has 6 heteroatoms. The third kappa shape index (κ3) is 2.47. The van der Waals surface area contributed by atoms with Gasteiger partial charge in [0.25, 0.3) is 0 Å². The molecular formula is C13H19N3O3.